The molecule has 0 aliphatic carbocycles. The standard InChI is InChI=1S/C17H15F3N2OS/c1-10-15(22-7-6-21-10)13-9-16(2,3)23-14-5-4-11(8-12(13)14)24-17(18,19)20/h4-9H,1-3H3. The summed E-state index contributed by atoms with van der Waals surface area (Å²) in [6.45, 7) is 5.60. The molecule has 1 aliphatic heterocycles. The second-order valence-corrected chi connectivity index (χ2v) is 7.10. The molecule has 3 rings (SSSR count). The lowest BCUT2D eigenvalue weighted by molar-refractivity contribution is -0.0328. The molecule has 1 aliphatic rings. The van der Waals surface area contributed by atoms with Crippen molar-refractivity contribution in [2.75, 3.05) is 0 Å². The highest BCUT2D eigenvalue weighted by Gasteiger charge is 2.32. The third kappa shape index (κ3) is 3.56. The molecule has 1 aromatic heterocycles. The van der Waals surface area contributed by atoms with Gasteiger partial charge in [-0.1, -0.05) is 0 Å². The maximum atomic E-state index is 12.7. The van der Waals surface area contributed by atoms with Gasteiger partial charge in [0, 0.05) is 28.4 Å². The summed E-state index contributed by atoms with van der Waals surface area (Å²) in [5.41, 5.74) is -2.26. The van der Waals surface area contributed by atoms with E-state index in [1.54, 1.807) is 18.5 Å². The largest absolute Gasteiger partial charge is 0.483 e. The normalized spacial score (nSPS) is 16.2. The summed E-state index contributed by atoms with van der Waals surface area (Å²) in [4.78, 5) is 8.69. The molecule has 2 heterocycles. The maximum Gasteiger partial charge on any atom is 0.446 e. The third-order valence-corrected chi connectivity index (χ3v) is 4.20. The van der Waals surface area contributed by atoms with E-state index in [9.17, 15) is 13.2 Å². The molecule has 0 bridgehead atoms. The lowest BCUT2D eigenvalue weighted by Gasteiger charge is -2.31. The van der Waals surface area contributed by atoms with Crippen molar-refractivity contribution in [1.82, 2.24) is 9.97 Å². The van der Waals surface area contributed by atoms with Crippen LogP contribution in [0.25, 0.3) is 5.57 Å². The molecule has 0 N–H and O–H groups in total. The Kier molecular flexibility index (Phi) is 4.07. The van der Waals surface area contributed by atoms with Crippen molar-refractivity contribution in [2.24, 2.45) is 0 Å². The van der Waals surface area contributed by atoms with Crippen LogP contribution < -0.4 is 4.74 Å². The third-order valence-electron chi connectivity index (χ3n) is 3.48. The van der Waals surface area contributed by atoms with Gasteiger partial charge in [0.1, 0.15) is 11.4 Å². The first-order valence-electron chi connectivity index (χ1n) is 7.25. The van der Waals surface area contributed by atoms with E-state index in [4.69, 9.17) is 4.74 Å². The monoisotopic (exact) mass is 352 g/mol. The van der Waals surface area contributed by atoms with Gasteiger partial charge in [-0.2, -0.15) is 13.2 Å². The zero-order valence-electron chi connectivity index (χ0n) is 13.3. The van der Waals surface area contributed by atoms with Crippen molar-refractivity contribution in [1.29, 1.82) is 0 Å². The van der Waals surface area contributed by atoms with E-state index in [2.05, 4.69) is 9.97 Å². The summed E-state index contributed by atoms with van der Waals surface area (Å²) in [6, 6.07) is 4.48. The summed E-state index contributed by atoms with van der Waals surface area (Å²) in [7, 11) is 0. The quantitative estimate of drug-likeness (QED) is 0.713. The number of aryl methyl sites for hydroxylation is 1. The van der Waals surface area contributed by atoms with E-state index in [-0.39, 0.29) is 16.7 Å². The van der Waals surface area contributed by atoms with Crippen molar-refractivity contribution in [3.63, 3.8) is 0 Å². The zero-order valence-corrected chi connectivity index (χ0v) is 14.1. The number of hydrogen-bond donors (Lipinski definition) is 0. The molecule has 0 unspecified atom stereocenters. The van der Waals surface area contributed by atoms with Crippen molar-refractivity contribution >= 4 is 17.3 Å². The Bertz CT molecular complexity index is 816. The minimum atomic E-state index is -4.34. The molecule has 24 heavy (non-hydrogen) atoms. The average molecular weight is 352 g/mol. The van der Waals surface area contributed by atoms with Gasteiger partial charge in [-0.05, 0) is 56.8 Å². The van der Waals surface area contributed by atoms with E-state index in [0.717, 1.165) is 5.57 Å². The first kappa shape index (κ1) is 16.8. The maximum absolute atomic E-state index is 12.7. The van der Waals surface area contributed by atoms with E-state index in [1.807, 2.05) is 26.8 Å². The second kappa shape index (κ2) is 5.81. The Hall–Kier alpha value is -2.02. The van der Waals surface area contributed by atoms with Crippen LogP contribution in [0, 0.1) is 6.92 Å². The molecule has 1 aromatic carbocycles. The van der Waals surface area contributed by atoms with Crippen LogP contribution in [0.15, 0.2) is 41.6 Å². The van der Waals surface area contributed by atoms with Gasteiger partial charge in [0.25, 0.3) is 0 Å². The Morgan fingerprint density at radius 2 is 1.83 bits per heavy atom. The number of alkyl halides is 3. The highest BCUT2D eigenvalue weighted by Crippen LogP contribution is 2.44. The van der Waals surface area contributed by atoms with Crippen LogP contribution in [0.3, 0.4) is 0 Å². The first-order chi connectivity index (χ1) is 11.1. The topological polar surface area (TPSA) is 35.0 Å². The molecule has 0 spiro atoms. The minimum Gasteiger partial charge on any atom is -0.483 e. The lowest BCUT2D eigenvalue weighted by atomic mass is 9.92. The number of hydrogen-bond acceptors (Lipinski definition) is 4. The van der Waals surface area contributed by atoms with Crippen LogP contribution >= 0.6 is 11.8 Å². The number of thioether (sulfide) groups is 1. The molecule has 0 radical (unpaired) electrons. The summed E-state index contributed by atoms with van der Waals surface area (Å²) >= 11 is -0.144. The fourth-order valence-electron chi connectivity index (χ4n) is 2.61. The van der Waals surface area contributed by atoms with Crippen molar-refractivity contribution in [3.05, 3.63) is 53.6 Å². The smallest absolute Gasteiger partial charge is 0.446 e. The summed E-state index contributed by atoms with van der Waals surface area (Å²) in [5, 5.41) is 0. The molecule has 7 heteroatoms. The Balaban J connectivity index is 2.14. The fourth-order valence-corrected chi connectivity index (χ4v) is 3.19. The Morgan fingerprint density at radius 3 is 2.50 bits per heavy atom. The number of halogens is 3. The molecular formula is C17H15F3N2OS. The van der Waals surface area contributed by atoms with Gasteiger partial charge >= 0.3 is 5.51 Å². The number of nitrogens with zero attached hydrogens (tertiary/aromatic N) is 2. The van der Waals surface area contributed by atoms with Crippen LogP contribution in [-0.4, -0.2) is 21.1 Å². The SMILES string of the molecule is Cc1nccnc1C1=CC(C)(C)Oc2ccc(SC(F)(F)F)cc21. The van der Waals surface area contributed by atoms with Crippen LogP contribution in [0.4, 0.5) is 13.2 Å². The van der Waals surface area contributed by atoms with Crippen molar-refractivity contribution in [3.8, 4) is 5.75 Å². The predicted octanol–water partition coefficient (Wildman–Crippen LogP) is 5.00. The molecular weight excluding hydrogens is 337 g/mol. The zero-order chi connectivity index (χ0) is 17.5. The van der Waals surface area contributed by atoms with E-state index >= 15 is 0 Å². The first-order valence-corrected chi connectivity index (χ1v) is 8.06. The molecule has 0 amide bonds. The van der Waals surface area contributed by atoms with Gasteiger partial charge < -0.3 is 4.74 Å². The molecule has 0 fully saturated rings. The van der Waals surface area contributed by atoms with Gasteiger partial charge in [0.2, 0.25) is 0 Å². The molecule has 126 valence electrons. The predicted molar refractivity (Wildman–Crippen MR) is 86.9 cm³/mol. The molecule has 0 saturated carbocycles. The summed E-state index contributed by atoms with van der Waals surface area (Å²) in [5.74, 6) is 0.536. The fraction of sp³-hybridized carbons (Fsp3) is 0.294. The van der Waals surface area contributed by atoms with Crippen molar-refractivity contribution < 1.29 is 17.9 Å². The number of aromatic nitrogens is 2. The van der Waals surface area contributed by atoms with E-state index in [0.29, 0.717) is 22.7 Å². The van der Waals surface area contributed by atoms with Gasteiger partial charge in [0.15, 0.2) is 0 Å². The van der Waals surface area contributed by atoms with Crippen LogP contribution in [-0.2, 0) is 0 Å². The number of rotatable bonds is 2. The molecule has 0 atom stereocenters. The summed E-state index contributed by atoms with van der Waals surface area (Å²) < 4.78 is 43.9. The van der Waals surface area contributed by atoms with Crippen LogP contribution in [0.2, 0.25) is 0 Å². The molecule has 0 saturated heterocycles. The Morgan fingerprint density at radius 1 is 1.12 bits per heavy atom. The van der Waals surface area contributed by atoms with Gasteiger partial charge in [-0.15, -0.1) is 0 Å². The molecule has 3 nitrogen and oxygen atoms in total. The summed E-state index contributed by atoms with van der Waals surface area (Å²) in [6.07, 6.45) is 5.02. The van der Waals surface area contributed by atoms with Crippen LogP contribution in [0.1, 0.15) is 30.8 Å². The van der Waals surface area contributed by atoms with Crippen LogP contribution in [0.5, 0.6) is 5.75 Å². The lowest BCUT2D eigenvalue weighted by Crippen LogP contribution is -2.29. The van der Waals surface area contributed by atoms with Gasteiger partial charge in [0.05, 0.1) is 11.4 Å². The van der Waals surface area contributed by atoms with Gasteiger partial charge in [-0.25, -0.2) is 0 Å². The number of fused-ring (bicyclic) bond motifs is 1. The Labute approximate surface area is 142 Å². The number of ether oxygens (including phenoxy) is 1. The van der Waals surface area contributed by atoms with E-state index < -0.39 is 11.1 Å². The highest BCUT2D eigenvalue weighted by molar-refractivity contribution is 8.00. The van der Waals surface area contributed by atoms with Gasteiger partial charge in [-0.3, -0.25) is 9.97 Å². The van der Waals surface area contributed by atoms with Crippen molar-refractivity contribution in [2.45, 2.75) is 36.8 Å². The number of benzene rings is 1. The minimum absolute atomic E-state index is 0.108. The molecule has 2 aromatic rings. The average Bonchev–Trinajstić information content (AvgIpc) is 2.45. The highest BCUT2D eigenvalue weighted by atomic mass is 32.2. The van der Waals surface area contributed by atoms with E-state index in [1.165, 1.54) is 12.1 Å². The second-order valence-electron chi connectivity index (χ2n) is 5.96.